The van der Waals surface area contributed by atoms with Crippen molar-refractivity contribution in [1.29, 1.82) is 0 Å². The zero-order chi connectivity index (χ0) is 24.9. The molecule has 0 unspecified atom stereocenters. The Morgan fingerprint density at radius 2 is 1.54 bits per heavy atom. The molecular formula is C23H15FN4O7. The second-order valence-electron chi connectivity index (χ2n) is 7.90. The average molecular weight is 478 g/mol. The van der Waals surface area contributed by atoms with E-state index in [2.05, 4.69) is 0 Å². The molecule has 11 nitrogen and oxygen atoms in total. The van der Waals surface area contributed by atoms with Crippen LogP contribution in [0.4, 0.5) is 27.1 Å². The Hall–Kier alpha value is -4.71. The summed E-state index contributed by atoms with van der Waals surface area (Å²) in [6.07, 6.45) is -1.35. The Labute approximate surface area is 196 Å². The summed E-state index contributed by atoms with van der Waals surface area (Å²) < 4.78 is 13.4. The first-order valence-corrected chi connectivity index (χ1v) is 10.3. The maximum Gasteiger partial charge on any atom is 0.274 e. The Morgan fingerprint density at radius 3 is 2.23 bits per heavy atom. The number of benzene rings is 3. The number of carbonyl (C=O) groups excluding carboxylic acids is 2. The monoisotopic (exact) mass is 478 g/mol. The van der Waals surface area contributed by atoms with Crippen LogP contribution in [0.2, 0.25) is 0 Å². The molecule has 2 fully saturated rings. The van der Waals surface area contributed by atoms with Gasteiger partial charge in [-0.25, -0.2) is 14.4 Å². The van der Waals surface area contributed by atoms with E-state index >= 15 is 0 Å². The third kappa shape index (κ3) is 3.56. The van der Waals surface area contributed by atoms with Gasteiger partial charge in [0.25, 0.3) is 17.3 Å². The van der Waals surface area contributed by atoms with E-state index in [0.717, 1.165) is 22.1 Å². The van der Waals surface area contributed by atoms with Crippen LogP contribution in [0.25, 0.3) is 0 Å². The van der Waals surface area contributed by atoms with Crippen molar-refractivity contribution in [2.75, 3.05) is 9.96 Å². The van der Waals surface area contributed by atoms with E-state index in [9.17, 15) is 34.2 Å². The minimum atomic E-state index is -1.35. The fourth-order valence-corrected chi connectivity index (χ4v) is 4.45. The quantitative estimate of drug-likeness (QED) is 0.308. The van der Waals surface area contributed by atoms with Gasteiger partial charge in [0.1, 0.15) is 17.8 Å². The summed E-state index contributed by atoms with van der Waals surface area (Å²) in [6, 6.07) is 14.6. The Balaban J connectivity index is 1.64. The molecule has 0 saturated carbocycles. The standard InChI is InChI=1S/C23H15FN4O7/c24-13-8-10-14(11-9-13)25-22(29)19-20(17-6-1-2-7-18(17)28(33)34)26(35-21(19)23(25)30)15-4-3-5-16(12-15)27(31)32/h1-12,19-21H/t19-,20-,21-/m0/s1. The second-order valence-corrected chi connectivity index (χ2v) is 7.90. The van der Waals surface area contributed by atoms with Gasteiger partial charge in [0.15, 0.2) is 6.10 Å². The van der Waals surface area contributed by atoms with Crippen molar-refractivity contribution in [3.05, 3.63) is 104 Å². The van der Waals surface area contributed by atoms with Crippen molar-refractivity contribution in [2.45, 2.75) is 12.1 Å². The molecule has 12 heteroatoms. The fraction of sp³-hybridized carbons (Fsp3) is 0.130. The van der Waals surface area contributed by atoms with Gasteiger partial charge in [0.2, 0.25) is 5.91 Å². The molecule has 2 aliphatic heterocycles. The zero-order valence-corrected chi connectivity index (χ0v) is 17.7. The van der Waals surface area contributed by atoms with Crippen LogP contribution >= 0.6 is 0 Å². The first-order valence-electron chi connectivity index (χ1n) is 10.3. The number of amides is 2. The summed E-state index contributed by atoms with van der Waals surface area (Å²) >= 11 is 0. The van der Waals surface area contributed by atoms with Gasteiger partial charge < -0.3 is 0 Å². The van der Waals surface area contributed by atoms with E-state index in [-0.39, 0.29) is 28.3 Å². The second kappa shape index (κ2) is 8.25. The zero-order valence-electron chi connectivity index (χ0n) is 17.7. The van der Waals surface area contributed by atoms with Crippen LogP contribution in [0.1, 0.15) is 11.6 Å². The van der Waals surface area contributed by atoms with Crippen LogP contribution in [0.3, 0.4) is 0 Å². The van der Waals surface area contributed by atoms with E-state index in [1.54, 1.807) is 6.07 Å². The van der Waals surface area contributed by atoms with Crippen molar-refractivity contribution in [3.8, 4) is 0 Å². The normalized spacial score (nSPS) is 21.3. The van der Waals surface area contributed by atoms with Crippen molar-refractivity contribution in [3.63, 3.8) is 0 Å². The predicted molar refractivity (Wildman–Crippen MR) is 119 cm³/mol. The summed E-state index contributed by atoms with van der Waals surface area (Å²) in [4.78, 5) is 55.4. The number of nitro groups is 2. The number of hydrogen-bond donors (Lipinski definition) is 0. The highest BCUT2D eigenvalue weighted by molar-refractivity contribution is 6.24. The maximum absolute atomic E-state index is 13.5. The third-order valence-corrected chi connectivity index (χ3v) is 5.95. The topological polar surface area (TPSA) is 136 Å². The predicted octanol–water partition coefficient (Wildman–Crippen LogP) is 3.69. The molecule has 35 heavy (non-hydrogen) atoms. The van der Waals surface area contributed by atoms with Crippen molar-refractivity contribution >= 4 is 34.6 Å². The van der Waals surface area contributed by atoms with Crippen molar-refractivity contribution in [1.82, 2.24) is 0 Å². The number of carbonyl (C=O) groups is 2. The summed E-state index contributed by atoms with van der Waals surface area (Å²) in [5.74, 6) is -3.18. The lowest BCUT2D eigenvalue weighted by atomic mass is 9.89. The molecule has 2 aliphatic rings. The van der Waals surface area contributed by atoms with Crippen LogP contribution in [-0.4, -0.2) is 27.8 Å². The van der Waals surface area contributed by atoms with Crippen LogP contribution in [0, 0.1) is 32.0 Å². The molecule has 3 aromatic carbocycles. The highest BCUT2D eigenvalue weighted by atomic mass is 19.1. The molecule has 0 N–H and O–H groups in total. The van der Waals surface area contributed by atoms with Gasteiger partial charge in [0, 0.05) is 18.2 Å². The van der Waals surface area contributed by atoms with Crippen LogP contribution in [0.5, 0.6) is 0 Å². The average Bonchev–Trinajstić information content (AvgIpc) is 3.36. The van der Waals surface area contributed by atoms with Gasteiger partial charge in [-0.3, -0.25) is 34.7 Å². The Morgan fingerprint density at radius 1 is 0.829 bits per heavy atom. The number of rotatable bonds is 5. The minimum Gasteiger partial charge on any atom is -0.273 e. The maximum atomic E-state index is 13.5. The molecular weight excluding hydrogens is 463 g/mol. The fourth-order valence-electron chi connectivity index (χ4n) is 4.45. The van der Waals surface area contributed by atoms with Crippen LogP contribution in [0.15, 0.2) is 72.8 Å². The number of imide groups is 1. The summed E-state index contributed by atoms with van der Waals surface area (Å²) in [5.41, 5.74) is -0.209. The summed E-state index contributed by atoms with van der Waals surface area (Å²) in [5, 5.41) is 24.2. The van der Waals surface area contributed by atoms with Crippen LogP contribution < -0.4 is 9.96 Å². The number of para-hydroxylation sites is 1. The lowest BCUT2D eigenvalue weighted by molar-refractivity contribution is -0.385. The highest BCUT2D eigenvalue weighted by Crippen LogP contribution is 2.49. The molecule has 2 heterocycles. The van der Waals surface area contributed by atoms with Crippen molar-refractivity contribution < 1.29 is 28.7 Å². The molecule has 0 bridgehead atoms. The number of hydroxylamine groups is 1. The molecule has 2 saturated heterocycles. The van der Waals surface area contributed by atoms with Gasteiger partial charge in [-0.05, 0) is 36.4 Å². The number of hydrogen-bond acceptors (Lipinski definition) is 8. The van der Waals surface area contributed by atoms with Gasteiger partial charge in [-0.15, -0.1) is 0 Å². The number of fused-ring (bicyclic) bond motifs is 1. The molecule has 5 rings (SSSR count). The molecule has 3 atom stereocenters. The number of nitrogens with zero attached hydrogens (tertiary/aromatic N) is 4. The number of non-ortho nitro benzene ring substituents is 1. The smallest absolute Gasteiger partial charge is 0.273 e. The molecule has 0 aliphatic carbocycles. The molecule has 176 valence electrons. The van der Waals surface area contributed by atoms with E-state index in [0.29, 0.717) is 0 Å². The lowest BCUT2D eigenvalue weighted by Crippen LogP contribution is -2.37. The number of halogens is 1. The largest absolute Gasteiger partial charge is 0.274 e. The van der Waals surface area contributed by atoms with Crippen LogP contribution in [-0.2, 0) is 14.4 Å². The molecule has 2 amide bonds. The first kappa shape index (κ1) is 22.1. The van der Waals surface area contributed by atoms with E-state index < -0.39 is 45.5 Å². The highest BCUT2D eigenvalue weighted by Gasteiger charge is 2.61. The van der Waals surface area contributed by atoms with E-state index in [4.69, 9.17) is 4.84 Å². The van der Waals surface area contributed by atoms with Gasteiger partial charge in [-0.1, -0.05) is 18.2 Å². The Kier molecular flexibility index (Phi) is 5.21. The van der Waals surface area contributed by atoms with Gasteiger partial charge in [0.05, 0.1) is 26.8 Å². The Bertz CT molecular complexity index is 1380. The SMILES string of the molecule is O=C1[C@@H]2[C@H](ON(c3cccc([N+](=O)[O-])c3)[C@H]2c2ccccc2[N+](=O)[O-])C(=O)N1c1ccc(F)cc1. The van der Waals surface area contributed by atoms with Gasteiger partial charge in [-0.2, -0.15) is 0 Å². The lowest BCUT2D eigenvalue weighted by Gasteiger charge is -2.28. The number of anilines is 2. The summed E-state index contributed by atoms with van der Waals surface area (Å²) in [6.45, 7) is 0. The molecule has 0 aromatic heterocycles. The summed E-state index contributed by atoms with van der Waals surface area (Å²) in [7, 11) is 0. The number of nitro benzene ring substituents is 2. The third-order valence-electron chi connectivity index (χ3n) is 5.95. The van der Waals surface area contributed by atoms with E-state index in [1.807, 2.05) is 0 Å². The van der Waals surface area contributed by atoms with Crippen molar-refractivity contribution in [2.24, 2.45) is 5.92 Å². The molecule has 0 radical (unpaired) electrons. The van der Waals surface area contributed by atoms with E-state index in [1.165, 1.54) is 54.6 Å². The van der Waals surface area contributed by atoms with Gasteiger partial charge >= 0.3 is 0 Å². The minimum absolute atomic E-state index is 0.0959. The first-order chi connectivity index (χ1) is 16.8. The molecule has 3 aromatic rings. The molecule has 0 spiro atoms.